The van der Waals surface area contributed by atoms with Gasteiger partial charge in [0.1, 0.15) is 11.8 Å². The van der Waals surface area contributed by atoms with Crippen molar-refractivity contribution in [3.63, 3.8) is 0 Å². The Hall–Kier alpha value is -3.28. The molecular weight excluding hydrogens is 332 g/mol. The van der Waals surface area contributed by atoms with Crippen molar-refractivity contribution in [2.24, 2.45) is 0 Å². The number of para-hydroxylation sites is 1. The number of ketones is 1. The third kappa shape index (κ3) is 2.60. The van der Waals surface area contributed by atoms with E-state index in [0.29, 0.717) is 16.8 Å². The standard InChI is InChI=1S/C20H18N2O4/c1-26-15-8-7-13-11-21(20(25)16(13)9-15)12-17-18(23)10-19(24)22(17)14-5-3-2-4-6-14/h2-9,11,17,25H,10,12H2,1H3. The van der Waals surface area contributed by atoms with E-state index in [2.05, 4.69) is 0 Å². The molecule has 1 aromatic heterocycles. The van der Waals surface area contributed by atoms with Gasteiger partial charge in [0.25, 0.3) is 0 Å². The van der Waals surface area contributed by atoms with E-state index in [0.717, 1.165) is 5.39 Å². The summed E-state index contributed by atoms with van der Waals surface area (Å²) in [5.74, 6) is 0.334. The van der Waals surface area contributed by atoms with E-state index in [1.807, 2.05) is 30.3 Å². The average Bonchev–Trinajstić information content (AvgIpc) is 3.12. The number of amides is 1. The van der Waals surface area contributed by atoms with Gasteiger partial charge in [0.05, 0.1) is 20.1 Å². The molecule has 26 heavy (non-hydrogen) atoms. The summed E-state index contributed by atoms with van der Waals surface area (Å²) in [6, 6.07) is 13.9. The van der Waals surface area contributed by atoms with Gasteiger partial charge in [-0.05, 0) is 30.3 Å². The first kappa shape index (κ1) is 16.2. The number of nitrogens with zero attached hydrogens (tertiary/aromatic N) is 2. The van der Waals surface area contributed by atoms with Crippen LogP contribution in [0.1, 0.15) is 6.42 Å². The molecule has 1 amide bonds. The maximum atomic E-state index is 12.4. The SMILES string of the molecule is COc1ccc2cn(CC3C(=O)CC(=O)N3c3ccccc3)c(O)c2c1. The molecule has 1 unspecified atom stereocenters. The molecule has 4 rings (SSSR count). The van der Waals surface area contributed by atoms with E-state index in [1.54, 1.807) is 36.1 Å². The fraction of sp³-hybridized carbons (Fsp3) is 0.200. The Morgan fingerprint density at radius 1 is 1.15 bits per heavy atom. The Morgan fingerprint density at radius 2 is 1.92 bits per heavy atom. The topological polar surface area (TPSA) is 71.8 Å². The number of rotatable bonds is 4. The molecule has 6 nitrogen and oxygen atoms in total. The maximum absolute atomic E-state index is 12.4. The van der Waals surface area contributed by atoms with Crippen LogP contribution >= 0.6 is 0 Å². The molecule has 6 heteroatoms. The van der Waals surface area contributed by atoms with Gasteiger partial charge in [-0.1, -0.05) is 18.2 Å². The number of hydrogen-bond donors (Lipinski definition) is 1. The summed E-state index contributed by atoms with van der Waals surface area (Å²) >= 11 is 0. The molecule has 1 N–H and O–H groups in total. The predicted octanol–water partition coefficient (Wildman–Crippen LogP) is 2.73. The van der Waals surface area contributed by atoms with Gasteiger partial charge in [0, 0.05) is 22.7 Å². The summed E-state index contributed by atoms with van der Waals surface area (Å²) in [6.07, 6.45) is 1.66. The summed E-state index contributed by atoms with van der Waals surface area (Å²) in [6.45, 7) is 0.197. The van der Waals surface area contributed by atoms with E-state index in [1.165, 1.54) is 4.90 Å². The van der Waals surface area contributed by atoms with Crippen LogP contribution in [-0.2, 0) is 16.1 Å². The lowest BCUT2D eigenvalue weighted by atomic mass is 10.2. The lowest BCUT2D eigenvalue weighted by Crippen LogP contribution is -2.38. The molecule has 0 aliphatic carbocycles. The Kier molecular flexibility index (Phi) is 3.88. The van der Waals surface area contributed by atoms with Crippen LogP contribution in [0, 0.1) is 0 Å². The van der Waals surface area contributed by atoms with Gasteiger partial charge in [-0.15, -0.1) is 0 Å². The van der Waals surface area contributed by atoms with Crippen LogP contribution in [0.25, 0.3) is 10.8 Å². The Morgan fingerprint density at radius 3 is 2.65 bits per heavy atom. The number of carbonyl (C=O) groups excluding carboxylic acids is 2. The first-order valence-electron chi connectivity index (χ1n) is 8.34. The molecule has 1 fully saturated rings. The third-order valence-electron chi connectivity index (χ3n) is 4.75. The van der Waals surface area contributed by atoms with E-state index >= 15 is 0 Å². The van der Waals surface area contributed by atoms with Crippen molar-refractivity contribution < 1.29 is 19.4 Å². The number of ether oxygens (including phenoxy) is 1. The lowest BCUT2D eigenvalue weighted by Gasteiger charge is -2.24. The van der Waals surface area contributed by atoms with Crippen molar-refractivity contribution in [3.8, 4) is 11.6 Å². The predicted molar refractivity (Wildman–Crippen MR) is 97.5 cm³/mol. The van der Waals surface area contributed by atoms with E-state index in [4.69, 9.17) is 4.74 Å². The number of hydrogen-bond acceptors (Lipinski definition) is 4. The molecule has 0 spiro atoms. The molecule has 3 aromatic rings. The normalized spacial score (nSPS) is 17.3. The summed E-state index contributed by atoms with van der Waals surface area (Å²) < 4.78 is 6.81. The second-order valence-corrected chi connectivity index (χ2v) is 6.32. The molecule has 2 heterocycles. The average molecular weight is 350 g/mol. The summed E-state index contributed by atoms with van der Waals surface area (Å²) in [5, 5.41) is 12.1. The molecular formula is C20H18N2O4. The zero-order valence-electron chi connectivity index (χ0n) is 14.3. The van der Waals surface area contributed by atoms with Gasteiger partial charge >= 0.3 is 0 Å². The highest BCUT2D eigenvalue weighted by molar-refractivity contribution is 6.17. The number of aromatic nitrogens is 1. The highest BCUT2D eigenvalue weighted by Gasteiger charge is 2.39. The van der Waals surface area contributed by atoms with Crippen molar-refractivity contribution in [1.82, 2.24) is 4.57 Å². The number of benzene rings is 2. The Bertz CT molecular complexity index is 994. The molecule has 2 aromatic carbocycles. The van der Waals surface area contributed by atoms with E-state index in [-0.39, 0.29) is 30.5 Å². The maximum Gasteiger partial charge on any atom is 0.235 e. The number of aromatic hydroxyl groups is 1. The zero-order chi connectivity index (χ0) is 18.3. The number of methoxy groups -OCH3 is 1. The Labute approximate surface area is 150 Å². The van der Waals surface area contributed by atoms with Gasteiger partial charge in [0.15, 0.2) is 11.7 Å². The van der Waals surface area contributed by atoms with Crippen molar-refractivity contribution in [2.45, 2.75) is 19.0 Å². The number of carbonyl (C=O) groups is 2. The Balaban J connectivity index is 1.71. The van der Waals surface area contributed by atoms with Gasteiger partial charge in [-0.2, -0.15) is 0 Å². The van der Waals surface area contributed by atoms with Gasteiger partial charge < -0.3 is 14.4 Å². The number of fused-ring (bicyclic) bond motifs is 1. The van der Waals surface area contributed by atoms with Crippen molar-refractivity contribution in [3.05, 3.63) is 54.7 Å². The summed E-state index contributed by atoms with van der Waals surface area (Å²) in [5.41, 5.74) is 0.686. The number of Topliss-reactive ketones (excluding diaryl/α,β-unsaturated/α-hetero) is 1. The fourth-order valence-corrected chi connectivity index (χ4v) is 3.44. The lowest BCUT2D eigenvalue weighted by molar-refractivity contribution is -0.121. The molecule has 1 saturated heterocycles. The van der Waals surface area contributed by atoms with Crippen molar-refractivity contribution in [2.75, 3.05) is 12.0 Å². The van der Waals surface area contributed by atoms with Crippen LogP contribution in [0.5, 0.6) is 11.6 Å². The molecule has 0 radical (unpaired) electrons. The third-order valence-corrected chi connectivity index (χ3v) is 4.75. The van der Waals surface area contributed by atoms with E-state index < -0.39 is 6.04 Å². The minimum Gasteiger partial charge on any atom is -0.497 e. The molecule has 0 bridgehead atoms. The van der Waals surface area contributed by atoms with Gasteiger partial charge in [-0.3, -0.25) is 14.5 Å². The first-order valence-corrected chi connectivity index (χ1v) is 8.34. The molecule has 132 valence electrons. The smallest absolute Gasteiger partial charge is 0.235 e. The summed E-state index contributed by atoms with van der Waals surface area (Å²) in [7, 11) is 1.57. The van der Waals surface area contributed by atoms with Gasteiger partial charge in [-0.25, -0.2) is 0 Å². The van der Waals surface area contributed by atoms with Crippen LogP contribution in [0.4, 0.5) is 5.69 Å². The highest BCUT2D eigenvalue weighted by Crippen LogP contribution is 2.32. The molecule has 1 aliphatic heterocycles. The quantitative estimate of drug-likeness (QED) is 0.735. The van der Waals surface area contributed by atoms with Crippen LogP contribution in [0.2, 0.25) is 0 Å². The monoisotopic (exact) mass is 350 g/mol. The minimum absolute atomic E-state index is 0.0547. The second-order valence-electron chi connectivity index (χ2n) is 6.32. The zero-order valence-corrected chi connectivity index (χ0v) is 14.3. The van der Waals surface area contributed by atoms with Crippen LogP contribution in [-0.4, -0.2) is 34.5 Å². The van der Waals surface area contributed by atoms with Gasteiger partial charge in [0.2, 0.25) is 5.91 Å². The van der Waals surface area contributed by atoms with Crippen molar-refractivity contribution >= 4 is 28.2 Å². The minimum atomic E-state index is -0.639. The first-order chi connectivity index (χ1) is 12.6. The van der Waals surface area contributed by atoms with Crippen molar-refractivity contribution in [1.29, 1.82) is 0 Å². The largest absolute Gasteiger partial charge is 0.497 e. The number of anilines is 1. The van der Waals surface area contributed by atoms with Crippen LogP contribution in [0.3, 0.4) is 0 Å². The van der Waals surface area contributed by atoms with E-state index in [9.17, 15) is 14.7 Å². The second kappa shape index (κ2) is 6.22. The molecule has 1 atom stereocenters. The van der Waals surface area contributed by atoms with Crippen LogP contribution < -0.4 is 9.64 Å². The summed E-state index contributed by atoms with van der Waals surface area (Å²) in [4.78, 5) is 26.3. The molecule has 0 saturated carbocycles. The fourth-order valence-electron chi connectivity index (χ4n) is 3.44. The molecule has 1 aliphatic rings. The highest BCUT2D eigenvalue weighted by atomic mass is 16.5. The van der Waals surface area contributed by atoms with Crippen LogP contribution in [0.15, 0.2) is 54.7 Å².